The van der Waals surface area contributed by atoms with Gasteiger partial charge in [-0.25, -0.2) is 4.99 Å². The highest BCUT2D eigenvalue weighted by Gasteiger charge is 2.41. The Balaban J connectivity index is 0.00000274. The highest BCUT2D eigenvalue weighted by molar-refractivity contribution is 14.0. The Morgan fingerprint density at radius 2 is 1.71 bits per heavy atom. The fraction of sp³-hybridized carbons (Fsp3) is 0.519. The van der Waals surface area contributed by atoms with E-state index >= 15 is 0 Å². The molecule has 3 fully saturated rings. The largest absolute Gasteiger partial charge is 0.373 e. The van der Waals surface area contributed by atoms with E-state index in [1.807, 2.05) is 0 Å². The quantitative estimate of drug-likeness (QED) is 0.297. The standard InChI is InChI=1S/C27H37N5O.HI/c1-2-28-27(30-25-18-24-12-13-26(25)33-24)29-19-21-8-6-7-9-22(21)20-31-14-16-32(17-15-31)23-10-4-3-5-11-23;/h3-11,24-26H,2,12-20H2,1H3,(H2,28,29,30);1H. The van der Waals surface area contributed by atoms with Crippen molar-refractivity contribution in [1.82, 2.24) is 15.5 Å². The number of hydrogen-bond donors (Lipinski definition) is 2. The number of aliphatic imine (C=N–C) groups is 1. The van der Waals surface area contributed by atoms with E-state index in [0.717, 1.165) is 51.6 Å². The topological polar surface area (TPSA) is 52.1 Å². The molecule has 5 rings (SSSR count). The van der Waals surface area contributed by atoms with Gasteiger partial charge < -0.3 is 20.3 Å². The molecule has 34 heavy (non-hydrogen) atoms. The van der Waals surface area contributed by atoms with Gasteiger partial charge in [0.25, 0.3) is 0 Å². The third kappa shape index (κ3) is 6.23. The van der Waals surface area contributed by atoms with Gasteiger partial charge in [0.15, 0.2) is 5.96 Å². The molecular weight excluding hydrogens is 537 g/mol. The van der Waals surface area contributed by atoms with Crippen LogP contribution in [0.15, 0.2) is 59.6 Å². The fourth-order valence-electron chi connectivity index (χ4n) is 5.36. The number of benzene rings is 2. The molecule has 3 heterocycles. The zero-order valence-corrected chi connectivity index (χ0v) is 22.5. The van der Waals surface area contributed by atoms with Crippen LogP contribution in [0.25, 0.3) is 0 Å². The van der Waals surface area contributed by atoms with Gasteiger partial charge in [0, 0.05) is 45.0 Å². The SMILES string of the molecule is CCNC(=NCc1ccccc1CN1CCN(c2ccccc2)CC1)NC1CC2CCC1O2.I. The molecular formula is C27H38IN5O. The van der Waals surface area contributed by atoms with Gasteiger partial charge >= 0.3 is 0 Å². The van der Waals surface area contributed by atoms with E-state index in [2.05, 4.69) is 82.0 Å². The highest BCUT2D eigenvalue weighted by atomic mass is 127. The minimum Gasteiger partial charge on any atom is -0.373 e. The Kier molecular flexibility index (Phi) is 9.08. The van der Waals surface area contributed by atoms with Crippen molar-refractivity contribution in [3.05, 3.63) is 65.7 Å². The second kappa shape index (κ2) is 12.2. The second-order valence-corrected chi connectivity index (χ2v) is 9.42. The summed E-state index contributed by atoms with van der Waals surface area (Å²) >= 11 is 0. The molecule has 3 unspecified atom stereocenters. The summed E-state index contributed by atoms with van der Waals surface area (Å²) in [6, 6.07) is 19.9. The van der Waals surface area contributed by atoms with Crippen molar-refractivity contribution in [2.45, 2.75) is 57.5 Å². The van der Waals surface area contributed by atoms with Gasteiger partial charge in [0.05, 0.1) is 24.8 Å². The first kappa shape index (κ1) is 25.3. The van der Waals surface area contributed by atoms with E-state index in [1.54, 1.807) is 0 Å². The number of rotatable bonds is 7. The third-order valence-electron chi connectivity index (χ3n) is 7.19. The predicted molar refractivity (Wildman–Crippen MR) is 150 cm³/mol. The summed E-state index contributed by atoms with van der Waals surface area (Å²) in [6.07, 6.45) is 4.27. The van der Waals surface area contributed by atoms with Gasteiger partial charge in [0.1, 0.15) is 0 Å². The van der Waals surface area contributed by atoms with Gasteiger partial charge in [-0.3, -0.25) is 4.90 Å². The Morgan fingerprint density at radius 3 is 2.38 bits per heavy atom. The van der Waals surface area contributed by atoms with Crippen molar-refractivity contribution < 1.29 is 4.74 Å². The van der Waals surface area contributed by atoms with Crippen LogP contribution in [-0.4, -0.2) is 61.8 Å². The van der Waals surface area contributed by atoms with Crippen LogP contribution in [0, 0.1) is 0 Å². The van der Waals surface area contributed by atoms with Crippen LogP contribution in [0.5, 0.6) is 0 Å². The summed E-state index contributed by atoms with van der Waals surface area (Å²) in [5, 5.41) is 7.07. The number of para-hydroxylation sites is 1. The summed E-state index contributed by atoms with van der Waals surface area (Å²) in [5.41, 5.74) is 4.02. The molecule has 2 aromatic carbocycles. The fourth-order valence-corrected chi connectivity index (χ4v) is 5.36. The first-order valence-corrected chi connectivity index (χ1v) is 12.6. The number of anilines is 1. The Hall–Kier alpha value is -1.84. The molecule has 2 N–H and O–H groups in total. The van der Waals surface area contributed by atoms with E-state index in [1.165, 1.54) is 29.7 Å². The maximum Gasteiger partial charge on any atom is 0.191 e. The van der Waals surface area contributed by atoms with Crippen LogP contribution in [0.4, 0.5) is 5.69 Å². The monoisotopic (exact) mass is 575 g/mol. The van der Waals surface area contributed by atoms with Crippen LogP contribution in [0.1, 0.15) is 37.3 Å². The number of guanidine groups is 1. The second-order valence-electron chi connectivity index (χ2n) is 9.42. The molecule has 3 aliphatic heterocycles. The lowest BCUT2D eigenvalue weighted by molar-refractivity contribution is 0.0992. The van der Waals surface area contributed by atoms with E-state index < -0.39 is 0 Å². The smallest absolute Gasteiger partial charge is 0.191 e. The van der Waals surface area contributed by atoms with Crippen molar-refractivity contribution in [3.8, 4) is 0 Å². The zero-order chi connectivity index (χ0) is 22.5. The van der Waals surface area contributed by atoms with E-state index in [4.69, 9.17) is 9.73 Å². The molecule has 2 bridgehead atoms. The summed E-state index contributed by atoms with van der Waals surface area (Å²) in [5.74, 6) is 0.907. The number of ether oxygens (including phenoxy) is 1. The maximum absolute atomic E-state index is 6.01. The number of nitrogens with zero attached hydrogens (tertiary/aromatic N) is 3. The van der Waals surface area contributed by atoms with Crippen molar-refractivity contribution in [2.75, 3.05) is 37.6 Å². The molecule has 0 aromatic heterocycles. The van der Waals surface area contributed by atoms with E-state index in [0.29, 0.717) is 24.8 Å². The summed E-state index contributed by atoms with van der Waals surface area (Å²) in [4.78, 5) is 10.0. The van der Waals surface area contributed by atoms with Crippen LogP contribution in [0.2, 0.25) is 0 Å². The number of nitrogens with one attached hydrogen (secondary N) is 2. The predicted octanol–water partition coefficient (Wildman–Crippen LogP) is 4.00. The third-order valence-corrected chi connectivity index (χ3v) is 7.19. The first-order chi connectivity index (χ1) is 16.3. The Bertz CT molecular complexity index is 932. The minimum absolute atomic E-state index is 0. The number of hydrogen-bond acceptors (Lipinski definition) is 4. The molecule has 3 aliphatic rings. The molecule has 0 saturated carbocycles. The zero-order valence-electron chi connectivity index (χ0n) is 20.2. The van der Waals surface area contributed by atoms with Crippen molar-refractivity contribution >= 4 is 35.6 Å². The average molecular weight is 576 g/mol. The normalized spacial score (nSPS) is 24.7. The van der Waals surface area contributed by atoms with Crippen molar-refractivity contribution in [1.29, 1.82) is 0 Å². The molecule has 6 nitrogen and oxygen atoms in total. The molecule has 0 spiro atoms. The molecule has 0 radical (unpaired) electrons. The van der Waals surface area contributed by atoms with Gasteiger partial charge in [-0.05, 0) is 49.4 Å². The number of piperazine rings is 1. The highest BCUT2D eigenvalue weighted by Crippen LogP contribution is 2.34. The van der Waals surface area contributed by atoms with Crippen molar-refractivity contribution in [2.24, 2.45) is 4.99 Å². The Morgan fingerprint density at radius 1 is 0.971 bits per heavy atom. The molecule has 3 saturated heterocycles. The average Bonchev–Trinajstić information content (AvgIpc) is 3.48. The van der Waals surface area contributed by atoms with Crippen LogP contribution in [-0.2, 0) is 17.8 Å². The summed E-state index contributed by atoms with van der Waals surface area (Å²) < 4.78 is 6.01. The molecule has 184 valence electrons. The van der Waals surface area contributed by atoms with Crippen LogP contribution >= 0.6 is 24.0 Å². The first-order valence-electron chi connectivity index (χ1n) is 12.6. The summed E-state index contributed by atoms with van der Waals surface area (Å²) in [6.45, 7) is 8.98. The number of fused-ring (bicyclic) bond motifs is 2. The maximum atomic E-state index is 6.01. The number of halogens is 1. The summed E-state index contributed by atoms with van der Waals surface area (Å²) in [7, 11) is 0. The minimum atomic E-state index is 0. The Labute approximate surface area is 221 Å². The molecule has 0 aliphatic carbocycles. The molecule has 2 aromatic rings. The molecule has 0 amide bonds. The van der Waals surface area contributed by atoms with E-state index in [9.17, 15) is 0 Å². The van der Waals surface area contributed by atoms with Crippen LogP contribution in [0.3, 0.4) is 0 Å². The van der Waals surface area contributed by atoms with Crippen LogP contribution < -0.4 is 15.5 Å². The van der Waals surface area contributed by atoms with E-state index in [-0.39, 0.29) is 24.0 Å². The van der Waals surface area contributed by atoms with Gasteiger partial charge in [-0.15, -0.1) is 24.0 Å². The molecule has 7 heteroatoms. The lowest BCUT2D eigenvalue weighted by atomic mass is 9.96. The van der Waals surface area contributed by atoms with Gasteiger partial charge in [-0.1, -0.05) is 42.5 Å². The van der Waals surface area contributed by atoms with Gasteiger partial charge in [-0.2, -0.15) is 0 Å². The van der Waals surface area contributed by atoms with Crippen molar-refractivity contribution in [3.63, 3.8) is 0 Å². The lowest BCUT2D eigenvalue weighted by Gasteiger charge is -2.36. The van der Waals surface area contributed by atoms with Gasteiger partial charge in [0.2, 0.25) is 0 Å². The lowest BCUT2D eigenvalue weighted by Crippen LogP contribution is -2.47. The molecule has 3 atom stereocenters.